The largest absolute Gasteiger partial charge is 0.340 e. The Hall–Kier alpha value is -0.580. The zero-order chi connectivity index (χ0) is 15.8. The van der Waals surface area contributed by atoms with E-state index in [0.29, 0.717) is 11.8 Å². The summed E-state index contributed by atoms with van der Waals surface area (Å²) in [4.78, 5) is 18.5. The van der Waals surface area contributed by atoms with Crippen LogP contribution < -0.4 is 0 Å². The summed E-state index contributed by atoms with van der Waals surface area (Å²) in [5.74, 6) is 2.86. The quantitative estimate of drug-likeness (QED) is 0.775. The molecule has 2 aliphatic carbocycles. The van der Waals surface area contributed by atoms with Gasteiger partial charge in [0.2, 0.25) is 5.91 Å². The topological polar surface area (TPSA) is 23.6 Å². The molecule has 1 amide bonds. The van der Waals surface area contributed by atoms with Crippen molar-refractivity contribution in [2.45, 2.75) is 38.6 Å². The first kappa shape index (κ1) is 15.9. The van der Waals surface area contributed by atoms with Crippen LogP contribution in [0, 0.1) is 17.8 Å². The molecular formula is C18H25ClN2OS. The number of hydrogen-bond donors (Lipinski definition) is 0. The Labute approximate surface area is 147 Å². The normalized spacial score (nSPS) is 22.8. The molecule has 0 radical (unpaired) electrons. The third-order valence-electron chi connectivity index (χ3n) is 5.60. The maximum atomic E-state index is 12.6. The average molecular weight is 353 g/mol. The molecular weight excluding hydrogens is 328 g/mol. The molecule has 0 bridgehead atoms. The minimum Gasteiger partial charge on any atom is -0.340 e. The van der Waals surface area contributed by atoms with Crippen molar-refractivity contribution in [1.82, 2.24) is 9.80 Å². The van der Waals surface area contributed by atoms with E-state index < -0.39 is 0 Å². The highest BCUT2D eigenvalue weighted by molar-refractivity contribution is 7.16. The van der Waals surface area contributed by atoms with Gasteiger partial charge in [-0.3, -0.25) is 9.69 Å². The van der Waals surface area contributed by atoms with Gasteiger partial charge in [0.15, 0.2) is 0 Å². The molecule has 126 valence electrons. The molecule has 1 aromatic heterocycles. The van der Waals surface area contributed by atoms with Gasteiger partial charge in [-0.05, 0) is 55.6 Å². The summed E-state index contributed by atoms with van der Waals surface area (Å²) in [6.45, 7) is 4.71. The van der Waals surface area contributed by atoms with E-state index in [1.54, 1.807) is 11.3 Å². The van der Waals surface area contributed by atoms with Gasteiger partial charge in [-0.25, -0.2) is 0 Å². The molecule has 3 nitrogen and oxygen atoms in total. The van der Waals surface area contributed by atoms with E-state index in [0.717, 1.165) is 55.3 Å². The van der Waals surface area contributed by atoms with Crippen LogP contribution in [0.4, 0.5) is 0 Å². The van der Waals surface area contributed by atoms with Crippen molar-refractivity contribution in [2.75, 3.05) is 26.2 Å². The van der Waals surface area contributed by atoms with E-state index in [9.17, 15) is 4.79 Å². The molecule has 2 saturated carbocycles. The van der Waals surface area contributed by atoms with Crippen LogP contribution >= 0.6 is 22.9 Å². The minimum atomic E-state index is 0.410. The van der Waals surface area contributed by atoms with E-state index in [2.05, 4.69) is 15.9 Å². The Bertz CT molecular complexity index is 547. The summed E-state index contributed by atoms with van der Waals surface area (Å²) in [5.41, 5.74) is 0. The lowest BCUT2D eigenvalue weighted by molar-refractivity contribution is -0.134. The van der Waals surface area contributed by atoms with Crippen LogP contribution in [0.1, 0.15) is 37.0 Å². The van der Waals surface area contributed by atoms with Crippen molar-refractivity contribution >= 4 is 28.8 Å². The van der Waals surface area contributed by atoms with Gasteiger partial charge < -0.3 is 4.90 Å². The number of rotatable bonds is 6. The molecule has 0 spiro atoms. The predicted molar refractivity (Wildman–Crippen MR) is 94.7 cm³/mol. The van der Waals surface area contributed by atoms with Crippen LogP contribution in [0.5, 0.6) is 0 Å². The van der Waals surface area contributed by atoms with Crippen LogP contribution in [0.25, 0.3) is 0 Å². The first-order valence-electron chi connectivity index (χ1n) is 8.93. The smallest absolute Gasteiger partial charge is 0.222 e. The van der Waals surface area contributed by atoms with Crippen molar-refractivity contribution in [3.8, 4) is 0 Å². The molecule has 1 aromatic rings. The minimum absolute atomic E-state index is 0.410. The summed E-state index contributed by atoms with van der Waals surface area (Å²) in [5, 5.41) is 0. The van der Waals surface area contributed by atoms with Gasteiger partial charge >= 0.3 is 0 Å². The zero-order valence-corrected chi connectivity index (χ0v) is 15.1. The molecule has 0 N–H and O–H groups in total. The van der Waals surface area contributed by atoms with Crippen LogP contribution in [-0.2, 0) is 11.3 Å². The fourth-order valence-electron chi connectivity index (χ4n) is 3.91. The Morgan fingerprint density at radius 1 is 1.13 bits per heavy atom. The molecule has 0 atom stereocenters. The highest BCUT2D eigenvalue weighted by Gasteiger charge is 2.42. The first-order chi connectivity index (χ1) is 11.2. The lowest BCUT2D eigenvalue weighted by Crippen LogP contribution is -2.48. The van der Waals surface area contributed by atoms with Gasteiger partial charge in [0, 0.05) is 44.0 Å². The molecule has 3 fully saturated rings. The molecule has 1 aliphatic heterocycles. The van der Waals surface area contributed by atoms with Crippen molar-refractivity contribution in [2.24, 2.45) is 17.8 Å². The number of halogens is 1. The van der Waals surface area contributed by atoms with E-state index >= 15 is 0 Å². The fourth-order valence-corrected chi connectivity index (χ4v) is 5.04. The second-order valence-electron chi connectivity index (χ2n) is 7.41. The molecule has 0 aromatic carbocycles. The zero-order valence-electron chi connectivity index (χ0n) is 13.5. The number of hydrogen-bond acceptors (Lipinski definition) is 3. The van der Waals surface area contributed by atoms with Crippen LogP contribution in [0.2, 0.25) is 4.34 Å². The summed E-state index contributed by atoms with van der Waals surface area (Å²) < 4.78 is 0.861. The summed E-state index contributed by atoms with van der Waals surface area (Å²) in [6.07, 6.45) is 6.28. The van der Waals surface area contributed by atoms with Gasteiger partial charge in [-0.1, -0.05) is 11.6 Å². The van der Waals surface area contributed by atoms with E-state index in [4.69, 9.17) is 11.6 Å². The highest BCUT2D eigenvalue weighted by Crippen LogP contribution is 2.50. The predicted octanol–water partition coefficient (Wildman–Crippen LogP) is 3.87. The standard InChI is InChI=1S/C18H25ClN2OS/c19-17-6-5-15(23-17)12-20-7-9-21(10-8-20)18(22)11-16(13-1-2-13)14-3-4-14/h5-6,13-14,16H,1-4,7-12H2. The molecule has 3 aliphatic rings. The van der Waals surface area contributed by atoms with E-state index in [1.165, 1.54) is 30.6 Å². The lowest BCUT2D eigenvalue weighted by atomic mass is 9.93. The second kappa shape index (κ2) is 6.73. The molecule has 4 rings (SSSR count). The average Bonchev–Trinajstić information content (AvgIpc) is 3.45. The van der Waals surface area contributed by atoms with E-state index in [1.807, 2.05) is 6.07 Å². The van der Waals surface area contributed by atoms with Gasteiger partial charge in [0.05, 0.1) is 4.34 Å². The highest BCUT2D eigenvalue weighted by atomic mass is 35.5. The Balaban J connectivity index is 1.24. The van der Waals surface area contributed by atoms with Crippen molar-refractivity contribution < 1.29 is 4.79 Å². The maximum absolute atomic E-state index is 12.6. The number of thiophene rings is 1. The molecule has 5 heteroatoms. The van der Waals surface area contributed by atoms with Crippen molar-refractivity contribution in [3.05, 3.63) is 21.3 Å². The Morgan fingerprint density at radius 3 is 2.30 bits per heavy atom. The fraction of sp³-hybridized carbons (Fsp3) is 0.722. The number of amides is 1. The molecule has 1 saturated heterocycles. The maximum Gasteiger partial charge on any atom is 0.222 e. The first-order valence-corrected chi connectivity index (χ1v) is 10.1. The number of nitrogens with zero attached hydrogens (tertiary/aromatic N) is 2. The lowest BCUT2D eigenvalue weighted by Gasteiger charge is -2.35. The van der Waals surface area contributed by atoms with Crippen LogP contribution in [0.15, 0.2) is 12.1 Å². The third kappa shape index (κ3) is 4.09. The van der Waals surface area contributed by atoms with Crippen molar-refractivity contribution in [3.63, 3.8) is 0 Å². The second-order valence-corrected chi connectivity index (χ2v) is 9.21. The Kier molecular flexibility index (Phi) is 4.66. The van der Waals surface area contributed by atoms with Gasteiger partial charge in [-0.2, -0.15) is 0 Å². The van der Waals surface area contributed by atoms with Gasteiger partial charge in [0.1, 0.15) is 0 Å². The third-order valence-corrected chi connectivity index (χ3v) is 6.81. The number of carbonyl (C=O) groups excluding carboxylic acids is 1. The number of piperazine rings is 1. The van der Waals surface area contributed by atoms with Gasteiger partial charge in [0.25, 0.3) is 0 Å². The summed E-state index contributed by atoms with van der Waals surface area (Å²) >= 11 is 7.66. The summed E-state index contributed by atoms with van der Waals surface area (Å²) in [6, 6.07) is 4.08. The Morgan fingerprint density at radius 2 is 1.78 bits per heavy atom. The monoisotopic (exact) mass is 352 g/mol. The van der Waals surface area contributed by atoms with Crippen molar-refractivity contribution in [1.29, 1.82) is 0 Å². The molecule has 23 heavy (non-hydrogen) atoms. The number of carbonyl (C=O) groups is 1. The molecule has 2 heterocycles. The molecule has 0 unspecified atom stereocenters. The van der Waals surface area contributed by atoms with Gasteiger partial charge in [-0.15, -0.1) is 11.3 Å². The SMILES string of the molecule is O=C(CC(C1CC1)C1CC1)N1CCN(Cc2ccc(Cl)s2)CC1. The van der Waals surface area contributed by atoms with E-state index in [-0.39, 0.29) is 0 Å². The van der Waals surface area contributed by atoms with Crippen LogP contribution in [0.3, 0.4) is 0 Å². The summed E-state index contributed by atoms with van der Waals surface area (Å²) in [7, 11) is 0. The van der Waals surface area contributed by atoms with Crippen LogP contribution in [-0.4, -0.2) is 41.9 Å².